The Bertz CT molecular complexity index is 1400. The van der Waals surface area contributed by atoms with Gasteiger partial charge >= 0.3 is 0 Å². The van der Waals surface area contributed by atoms with Gasteiger partial charge < -0.3 is 10.2 Å². The predicted octanol–water partition coefficient (Wildman–Crippen LogP) is 5.37. The number of carbonyl (C=O) groups is 1. The Balaban J connectivity index is 1.35. The van der Waals surface area contributed by atoms with E-state index in [1.54, 1.807) is 18.2 Å². The minimum Gasteiger partial charge on any atom is -0.341 e. The number of anilines is 2. The van der Waals surface area contributed by atoms with Gasteiger partial charge in [-0.2, -0.15) is 0 Å². The highest BCUT2D eigenvalue weighted by Gasteiger charge is 2.28. The van der Waals surface area contributed by atoms with Crippen molar-refractivity contribution < 1.29 is 9.72 Å². The number of nitrogens with one attached hydrogen (secondary N) is 1. The van der Waals surface area contributed by atoms with Crippen molar-refractivity contribution in [1.29, 1.82) is 0 Å². The average molecular weight is 468 g/mol. The third kappa shape index (κ3) is 4.68. The normalized spacial score (nSPS) is 14.1. The molecule has 3 aromatic carbocycles. The molecule has 0 radical (unpaired) electrons. The zero-order valence-electron chi connectivity index (χ0n) is 19.3. The molecule has 0 bridgehead atoms. The van der Waals surface area contributed by atoms with Crippen LogP contribution in [0, 0.1) is 23.0 Å². The van der Waals surface area contributed by atoms with Crippen LogP contribution in [0.3, 0.4) is 0 Å². The highest BCUT2D eigenvalue weighted by Crippen LogP contribution is 2.31. The number of para-hydroxylation sites is 2. The van der Waals surface area contributed by atoms with E-state index in [1.165, 1.54) is 6.07 Å². The zero-order chi connectivity index (χ0) is 24.4. The molecule has 0 unspecified atom stereocenters. The fourth-order valence-corrected chi connectivity index (χ4v) is 4.50. The average Bonchev–Trinajstić information content (AvgIpc) is 2.89. The molecule has 4 aromatic rings. The molecule has 1 fully saturated rings. The number of hydrogen-bond donors (Lipinski definition) is 1. The summed E-state index contributed by atoms with van der Waals surface area (Å²) in [7, 11) is 0. The molecule has 176 valence electrons. The van der Waals surface area contributed by atoms with Crippen molar-refractivity contribution in [3.05, 3.63) is 88.5 Å². The van der Waals surface area contributed by atoms with Crippen LogP contribution >= 0.6 is 0 Å². The van der Waals surface area contributed by atoms with E-state index < -0.39 is 4.92 Å². The number of benzene rings is 3. The summed E-state index contributed by atoms with van der Waals surface area (Å²) in [6, 6.07) is 22.5. The molecule has 8 heteroatoms. The maximum Gasteiger partial charge on any atom is 0.292 e. The first-order valence-electron chi connectivity index (χ1n) is 11.6. The Morgan fingerprint density at radius 1 is 1.00 bits per heavy atom. The molecular weight excluding hydrogens is 442 g/mol. The lowest BCUT2D eigenvalue weighted by atomic mass is 9.96. The molecule has 0 atom stereocenters. The standard InChI is InChI=1S/C27H25N5O3/c1-18-11-12-22-21(17-18)25(19-7-3-2-4-8-19)30-27(29-22)31-15-13-20(14-16-31)26(33)28-23-9-5-6-10-24(23)32(34)35/h2-12,17,20H,13-16H2,1H3,(H,28,33). The zero-order valence-corrected chi connectivity index (χ0v) is 19.3. The molecule has 0 saturated carbocycles. The first kappa shape index (κ1) is 22.5. The minimum absolute atomic E-state index is 0.105. The van der Waals surface area contributed by atoms with Crippen molar-refractivity contribution in [3.8, 4) is 11.3 Å². The van der Waals surface area contributed by atoms with E-state index in [2.05, 4.69) is 23.2 Å². The number of aromatic nitrogens is 2. The van der Waals surface area contributed by atoms with Gasteiger partial charge in [0.25, 0.3) is 5.69 Å². The molecule has 35 heavy (non-hydrogen) atoms. The number of rotatable bonds is 5. The third-order valence-corrected chi connectivity index (χ3v) is 6.39. The van der Waals surface area contributed by atoms with Gasteiger partial charge in [-0.3, -0.25) is 14.9 Å². The molecule has 8 nitrogen and oxygen atoms in total. The molecule has 0 spiro atoms. The smallest absolute Gasteiger partial charge is 0.292 e. The van der Waals surface area contributed by atoms with E-state index in [9.17, 15) is 14.9 Å². The van der Waals surface area contributed by atoms with Gasteiger partial charge in [0.2, 0.25) is 11.9 Å². The fraction of sp³-hybridized carbons (Fsp3) is 0.222. The highest BCUT2D eigenvalue weighted by molar-refractivity contribution is 5.95. The second-order valence-electron chi connectivity index (χ2n) is 8.78. The van der Waals surface area contributed by atoms with Crippen LogP contribution in [0.5, 0.6) is 0 Å². The summed E-state index contributed by atoms with van der Waals surface area (Å²) in [5.74, 6) is 0.222. The first-order chi connectivity index (χ1) is 17.0. The molecule has 1 N–H and O–H groups in total. The summed E-state index contributed by atoms with van der Waals surface area (Å²) >= 11 is 0. The quantitative estimate of drug-likeness (QED) is 0.313. The lowest BCUT2D eigenvalue weighted by Crippen LogP contribution is -2.39. The Morgan fingerprint density at radius 3 is 2.46 bits per heavy atom. The van der Waals surface area contributed by atoms with Gasteiger partial charge in [-0.05, 0) is 38.0 Å². The Morgan fingerprint density at radius 2 is 1.71 bits per heavy atom. The second kappa shape index (κ2) is 9.50. The molecule has 1 saturated heterocycles. The Labute approximate surface area is 202 Å². The maximum atomic E-state index is 12.8. The van der Waals surface area contributed by atoms with E-state index in [4.69, 9.17) is 9.97 Å². The lowest BCUT2D eigenvalue weighted by molar-refractivity contribution is -0.383. The van der Waals surface area contributed by atoms with Gasteiger partial charge in [0.15, 0.2) is 0 Å². The van der Waals surface area contributed by atoms with Gasteiger partial charge in [-0.1, -0.05) is 54.1 Å². The largest absolute Gasteiger partial charge is 0.341 e. The number of hydrogen-bond acceptors (Lipinski definition) is 6. The molecule has 1 aromatic heterocycles. The van der Waals surface area contributed by atoms with Crippen LogP contribution in [-0.2, 0) is 4.79 Å². The van der Waals surface area contributed by atoms with Gasteiger partial charge in [0.1, 0.15) is 5.69 Å². The number of amides is 1. The molecule has 5 rings (SSSR count). The summed E-state index contributed by atoms with van der Waals surface area (Å²) in [4.78, 5) is 35.5. The molecule has 1 amide bonds. The first-order valence-corrected chi connectivity index (χ1v) is 11.6. The molecule has 1 aliphatic heterocycles. The topological polar surface area (TPSA) is 101 Å². The Kier molecular flexibility index (Phi) is 6.10. The maximum absolute atomic E-state index is 12.8. The summed E-state index contributed by atoms with van der Waals surface area (Å²) < 4.78 is 0. The van der Waals surface area contributed by atoms with E-state index in [-0.39, 0.29) is 23.2 Å². The van der Waals surface area contributed by atoms with Crippen LogP contribution in [0.15, 0.2) is 72.8 Å². The predicted molar refractivity (Wildman–Crippen MR) is 136 cm³/mol. The minimum atomic E-state index is -0.485. The van der Waals surface area contributed by atoms with Gasteiger partial charge in [-0.25, -0.2) is 9.97 Å². The summed E-state index contributed by atoms with van der Waals surface area (Å²) in [5.41, 5.74) is 4.08. The van der Waals surface area contributed by atoms with E-state index in [1.807, 2.05) is 42.5 Å². The number of piperidine rings is 1. The summed E-state index contributed by atoms with van der Waals surface area (Å²) in [6.45, 7) is 3.31. The van der Waals surface area contributed by atoms with Crippen LogP contribution < -0.4 is 10.2 Å². The molecule has 1 aliphatic rings. The van der Waals surface area contributed by atoms with Crippen molar-refractivity contribution in [2.45, 2.75) is 19.8 Å². The molecular formula is C27H25N5O3. The number of aryl methyl sites for hydroxylation is 1. The van der Waals surface area contributed by atoms with Crippen LogP contribution in [0.2, 0.25) is 0 Å². The van der Waals surface area contributed by atoms with Gasteiger partial charge in [-0.15, -0.1) is 0 Å². The van der Waals surface area contributed by atoms with Crippen LogP contribution in [0.1, 0.15) is 18.4 Å². The molecule has 0 aliphatic carbocycles. The molecule has 2 heterocycles. The van der Waals surface area contributed by atoms with Crippen LogP contribution in [0.25, 0.3) is 22.2 Å². The van der Waals surface area contributed by atoms with Gasteiger partial charge in [0.05, 0.1) is 16.1 Å². The monoisotopic (exact) mass is 467 g/mol. The number of nitro groups is 1. The van der Waals surface area contributed by atoms with Gasteiger partial charge in [0, 0.05) is 36.0 Å². The van der Waals surface area contributed by atoms with Crippen molar-refractivity contribution in [2.24, 2.45) is 5.92 Å². The summed E-state index contributed by atoms with van der Waals surface area (Å²) in [6.07, 6.45) is 1.23. The SMILES string of the molecule is Cc1ccc2nc(N3CCC(C(=O)Nc4ccccc4[N+](=O)[O-])CC3)nc(-c3ccccc3)c2c1. The fourth-order valence-electron chi connectivity index (χ4n) is 4.50. The summed E-state index contributed by atoms with van der Waals surface area (Å²) in [5, 5.41) is 15.0. The van der Waals surface area contributed by atoms with Crippen molar-refractivity contribution in [2.75, 3.05) is 23.3 Å². The third-order valence-electron chi connectivity index (χ3n) is 6.39. The number of nitrogens with zero attached hydrogens (tertiary/aromatic N) is 4. The van der Waals surface area contributed by atoms with E-state index in [0.717, 1.165) is 27.7 Å². The Hall–Kier alpha value is -4.33. The van der Waals surface area contributed by atoms with E-state index >= 15 is 0 Å². The number of fused-ring (bicyclic) bond motifs is 1. The van der Waals surface area contributed by atoms with Crippen LogP contribution in [0.4, 0.5) is 17.3 Å². The van der Waals surface area contributed by atoms with Crippen molar-refractivity contribution in [1.82, 2.24) is 9.97 Å². The second-order valence-corrected chi connectivity index (χ2v) is 8.78. The number of nitro benzene ring substituents is 1. The van der Waals surface area contributed by atoms with Crippen LogP contribution in [-0.4, -0.2) is 33.9 Å². The highest BCUT2D eigenvalue weighted by atomic mass is 16.6. The van der Waals surface area contributed by atoms with Crippen molar-refractivity contribution in [3.63, 3.8) is 0 Å². The van der Waals surface area contributed by atoms with E-state index in [0.29, 0.717) is 31.9 Å². The lowest BCUT2D eigenvalue weighted by Gasteiger charge is -2.31. The number of carbonyl (C=O) groups excluding carboxylic acids is 1. The van der Waals surface area contributed by atoms with Crippen molar-refractivity contribution >= 4 is 34.1 Å².